The molecule has 0 aliphatic carbocycles. The molecule has 140 valence electrons. The van der Waals surface area contributed by atoms with Crippen LogP contribution in [0.1, 0.15) is 28.8 Å². The minimum atomic E-state index is -0.824. The molecule has 0 atom stereocenters. The first-order valence-electron chi connectivity index (χ1n) is 8.61. The second-order valence-corrected chi connectivity index (χ2v) is 6.36. The van der Waals surface area contributed by atoms with Gasteiger partial charge >= 0.3 is 5.97 Å². The Bertz CT molecular complexity index is 825. The monoisotopic (exact) mass is 369 g/mol. The van der Waals surface area contributed by atoms with Gasteiger partial charge in [-0.15, -0.1) is 0 Å². The number of hydrogen-bond acceptors (Lipinski definition) is 6. The van der Waals surface area contributed by atoms with Gasteiger partial charge in [0.25, 0.3) is 5.69 Å². The van der Waals surface area contributed by atoms with Gasteiger partial charge < -0.3 is 9.47 Å². The number of nitro benzene ring substituents is 1. The first-order valence-corrected chi connectivity index (χ1v) is 8.61. The molecule has 0 unspecified atom stereocenters. The highest BCUT2D eigenvalue weighted by atomic mass is 16.6. The van der Waals surface area contributed by atoms with Crippen molar-refractivity contribution in [2.24, 2.45) is 0 Å². The van der Waals surface area contributed by atoms with Crippen molar-refractivity contribution in [2.75, 3.05) is 19.8 Å². The molecule has 0 amide bonds. The van der Waals surface area contributed by atoms with Crippen LogP contribution < -0.4 is 0 Å². The number of hydrogen-bond donors (Lipinski definition) is 0. The molecule has 27 heavy (non-hydrogen) atoms. The highest BCUT2D eigenvalue weighted by Gasteiger charge is 2.43. The summed E-state index contributed by atoms with van der Waals surface area (Å²) in [5, 5.41) is 10.7. The molecule has 1 heterocycles. The van der Waals surface area contributed by atoms with Crippen molar-refractivity contribution in [3.8, 4) is 0 Å². The number of benzene rings is 2. The summed E-state index contributed by atoms with van der Waals surface area (Å²) in [6.45, 7) is 0.479. The third-order valence-electron chi connectivity index (χ3n) is 4.80. The van der Waals surface area contributed by atoms with Crippen LogP contribution in [0.5, 0.6) is 0 Å². The molecule has 1 fully saturated rings. The Morgan fingerprint density at radius 3 is 2.26 bits per heavy atom. The molecule has 3 rings (SSSR count). The smallest absolute Gasteiger partial charge is 0.317 e. The summed E-state index contributed by atoms with van der Waals surface area (Å²) in [5.41, 5.74) is 0.180. The van der Waals surface area contributed by atoms with Crippen LogP contribution in [0.2, 0.25) is 0 Å². The van der Waals surface area contributed by atoms with Gasteiger partial charge in [-0.2, -0.15) is 0 Å². The lowest BCUT2D eigenvalue weighted by atomic mass is 9.74. The Kier molecular flexibility index (Phi) is 5.61. The lowest BCUT2D eigenvalue weighted by Gasteiger charge is -2.35. The molecule has 2 aromatic rings. The molecule has 7 nitrogen and oxygen atoms in total. The van der Waals surface area contributed by atoms with Crippen LogP contribution >= 0.6 is 0 Å². The van der Waals surface area contributed by atoms with Crippen LogP contribution in [0.3, 0.4) is 0 Å². The zero-order chi connectivity index (χ0) is 19.3. The van der Waals surface area contributed by atoms with Crippen molar-refractivity contribution in [1.29, 1.82) is 0 Å². The fourth-order valence-corrected chi connectivity index (χ4v) is 3.21. The number of rotatable bonds is 6. The Morgan fingerprint density at radius 1 is 1.04 bits per heavy atom. The van der Waals surface area contributed by atoms with E-state index in [1.54, 1.807) is 0 Å². The number of carbonyl (C=O) groups is 2. The van der Waals surface area contributed by atoms with E-state index in [4.69, 9.17) is 9.47 Å². The predicted molar refractivity (Wildman–Crippen MR) is 96.6 cm³/mol. The summed E-state index contributed by atoms with van der Waals surface area (Å²) in [4.78, 5) is 35.3. The van der Waals surface area contributed by atoms with E-state index in [0.717, 1.165) is 5.56 Å². The van der Waals surface area contributed by atoms with E-state index in [-0.39, 0.29) is 11.3 Å². The van der Waals surface area contributed by atoms with Gasteiger partial charge in [0.1, 0.15) is 0 Å². The number of nitro groups is 1. The molecule has 2 aromatic carbocycles. The minimum absolute atomic E-state index is 0.103. The molecule has 1 aliphatic rings. The van der Waals surface area contributed by atoms with E-state index in [2.05, 4.69) is 0 Å². The average molecular weight is 369 g/mol. The Labute approximate surface area is 156 Å². The minimum Gasteiger partial charge on any atom is -0.457 e. The standard InChI is InChI=1S/C20H19NO6/c22-18(15-6-8-17(9-7-15)21(24)25)14-27-19(23)20(10-12-26-13-11-20)16-4-2-1-3-5-16/h1-9H,10-14H2. The molecule has 7 heteroatoms. The van der Waals surface area contributed by atoms with Gasteiger partial charge in [-0.3, -0.25) is 19.7 Å². The van der Waals surface area contributed by atoms with Gasteiger partial charge in [-0.05, 0) is 30.5 Å². The predicted octanol–water partition coefficient (Wildman–Crippen LogP) is 3.07. The van der Waals surface area contributed by atoms with Crippen LogP contribution in [0.15, 0.2) is 54.6 Å². The van der Waals surface area contributed by atoms with Gasteiger partial charge in [0, 0.05) is 30.9 Å². The summed E-state index contributed by atoms with van der Waals surface area (Å²) in [7, 11) is 0. The maximum absolute atomic E-state index is 12.9. The van der Waals surface area contributed by atoms with Crippen molar-refractivity contribution in [3.05, 3.63) is 75.8 Å². The number of non-ortho nitro benzene ring substituents is 1. The van der Waals surface area contributed by atoms with Crippen molar-refractivity contribution >= 4 is 17.4 Å². The normalized spacial score (nSPS) is 15.7. The second kappa shape index (κ2) is 8.09. The van der Waals surface area contributed by atoms with Gasteiger partial charge in [0.05, 0.1) is 10.3 Å². The third-order valence-corrected chi connectivity index (χ3v) is 4.80. The number of ether oxygens (including phenoxy) is 2. The number of esters is 1. The molecule has 0 aromatic heterocycles. The SMILES string of the molecule is O=C(COC(=O)C1(c2ccccc2)CCOCC1)c1ccc([N+](=O)[O-])cc1. The largest absolute Gasteiger partial charge is 0.457 e. The topological polar surface area (TPSA) is 95.7 Å². The molecule has 1 aliphatic heterocycles. The second-order valence-electron chi connectivity index (χ2n) is 6.36. The molecule has 1 saturated heterocycles. The maximum atomic E-state index is 12.9. The van der Waals surface area contributed by atoms with E-state index >= 15 is 0 Å². The Morgan fingerprint density at radius 2 is 1.67 bits per heavy atom. The van der Waals surface area contributed by atoms with Crippen LogP contribution in [0, 0.1) is 10.1 Å². The highest BCUT2D eigenvalue weighted by molar-refractivity contribution is 5.98. The van der Waals surface area contributed by atoms with E-state index in [1.807, 2.05) is 30.3 Å². The number of Topliss-reactive ketones (excluding diaryl/α,β-unsaturated/α-hetero) is 1. The quantitative estimate of drug-likeness (QED) is 0.336. The van der Waals surface area contributed by atoms with Crippen LogP contribution in [0.25, 0.3) is 0 Å². The maximum Gasteiger partial charge on any atom is 0.317 e. The summed E-state index contributed by atoms with van der Waals surface area (Å²) in [6.07, 6.45) is 0.975. The van der Waals surface area contributed by atoms with E-state index < -0.39 is 28.7 Å². The molecule has 0 bridgehead atoms. The van der Waals surface area contributed by atoms with Crippen molar-refractivity contribution in [3.63, 3.8) is 0 Å². The van der Waals surface area contributed by atoms with Gasteiger partial charge in [0.15, 0.2) is 12.4 Å². The van der Waals surface area contributed by atoms with E-state index in [9.17, 15) is 19.7 Å². The zero-order valence-electron chi connectivity index (χ0n) is 14.6. The lowest BCUT2D eigenvalue weighted by Crippen LogP contribution is -2.43. The average Bonchev–Trinajstić information content (AvgIpc) is 2.73. The number of ketones is 1. The molecule has 0 N–H and O–H groups in total. The first-order chi connectivity index (χ1) is 13.0. The van der Waals surface area contributed by atoms with Gasteiger partial charge in [-0.1, -0.05) is 30.3 Å². The fourth-order valence-electron chi connectivity index (χ4n) is 3.21. The summed E-state index contributed by atoms with van der Waals surface area (Å²) >= 11 is 0. The third kappa shape index (κ3) is 4.03. The van der Waals surface area contributed by atoms with Crippen molar-refractivity contribution in [2.45, 2.75) is 18.3 Å². The number of nitrogens with zero attached hydrogens (tertiary/aromatic N) is 1. The van der Waals surface area contributed by atoms with Gasteiger partial charge in [0.2, 0.25) is 0 Å². The fraction of sp³-hybridized carbons (Fsp3) is 0.300. The van der Waals surface area contributed by atoms with E-state index in [0.29, 0.717) is 26.1 Å². The van der Waals surface area contributed by atoms with Gasteiger partial charge in [-0.25, -0.2) is 0 Å². The summed E-state index contributed by atoms with van der Waals surface area (Å²) in [5.74, 6) is -0.860. The first kappa shape index (κ1) is 18.7. The van der Waals surface area contributed by atoms with Crippen LogP contribution in [-0.2, 0) is 19.7 Å². The summed E-state index contributed by atoms with van der Waals surface area (Å²) < 4.78 is 10.7. The number of carbonyl (C=O) groups excluding carboxylic acids is 2. The van der Waals surface area contributed by atoms with Crippen LogP contribution in [-0.4, -0.2) is 36.5 Å². The van der Waals surface area contributed by atoms with Crippen molar-refractivity contribution < 1.29 is 24.0 Å². The molecule has 0 spiro atoms. The summed E-state index contributed by atoms with van der Waals surface area (Å²) in [6, 6.07) is 14.6. The molecule has 0 radical (unpaired) electrons. The molecule has 0 saturated carbocycles. The Balaban J connectivity index is 1.71. The molecular formula is C20H19NO6. The van der Waals surface area contributed by atoms with Crippen LogP contribution in [0.4, 0.5) is 5.69 Å². The highest BCUT2D eigenvalue weighted by Crippen LogP contribution is 2.36. The molecular weight excluding hydrogens is 350 g/mol. The zero-order valence-corrected chi connectivity index (χ0v) is 14.6. The van der Waals surface area contributed by atoms with Crippen molar-refractivity contribution in [1.82, 2.24) is 0 Å². The lowest BCUT2D eigenvalue weighted by molar-refractivity contribution is -0.384. The Hall–Kier alpha value is -3.06. The van der Waals surface area contributed by atoms with E-state index in [1.165, 1.54) is 24.3 Å².